The molecular formula is C27H28N8O2S. The van der Waals surface area contributed by atoms with Crippen LogP contribution in [0.2, 0.25) is 0 Å². The molecule has 2 N–H and O–H groups in total. The van der Waals surface area contributed by atoms with Crippen LogP contribution < -0.4 is 10.6 Å². The van der Waals surface area contributed by atoms with Gasteiger partial charge in [-0.05, 0) is 36.0 Å². The minimum absolute atomic E-state index is 0.228. The number of carbonyl (C=O) groups is 1. The van der Waals surface area contributed by atoms with Crippen molar-refractivity contribution in [3.63, 3.8) is 0 Å². The van der Waals surface area contributed by atoms with E-state index in [1.807, 2.05) is 66.6 Å². The largest absolute Gasteiger partial charge is 0.445 e. The SMILES string of the molecule is Cn1cc(-c2cnc3c(Nc4cc(C5CCC5)ns4)nc(CCNC(=O)OCc4ccccc4)cn23)cn1. The van der Waals surface area contributed by atoms with Crippen LogP contribution in [0.15, 0.2) is 61.2 Å². The lowest BCUT2D eigenvalue weighted by Gasteiger charge is -2.22. The number of hydrogen-bond donors (Lipinski definition) is 2. The summed E-state index contributed by atoms with van der Waals surface area (Å²) >= 11 is 1.44. The molecule has 0 radical (unpaired) electrons. The molecule has 0 unspecified atom stereocenters. The van der Waals surface area contributed by atoms with Crippen LogP contribution in [0.4, 0.5) is 15.6 Å². The van der Waals surface area contributed by atoms with Gasteiger partial charge in [-0.2, -0.15) is 9.47 Å². The van der Waals surface area contributed by atoms with Gasteiger partial charge in [-0.1, -0.05) is 36.8 Å². The van der Waals surface area contributed by atoms with Crippen LogP contribution in [-0.2, 0) is 24.8 Å². The van der Waals surface area contributed by atoms with E-state index >= 15 is 0 Å². The van der Waals surface area contributed by atoms with Crippen LogP contribution in [0.5, 0.6) is 0 Å². The van der Waals surface area contributed by atoms with Crippen LogP contribution >= 0.6 is 11.5 Å². The lowest BCUT2D eigenvalue weighted by atomic mass is 9.83. The molecule has 0 spiro atoms. The van der Waals surface area contributed by atoms with Crippen molar-refractivity contribution >= 4 is 34.1 Å². The number of rotatable bonds is 9. The average Bonchev–Trinajstić information content (AvgIpc) is 3.63. The minimum atomic E-state index is -0.458. The summed E-state index contributed by atoms with van der Waals surface area (Å²) in [5.74, 6) is 1.21. The average molecular weight is 529 g/mol. The second kappa shape index (κ2) is 10.6. The highest BCUT2D eigenvalue weighted by atomic mass is 32.1. The Morgan fingerprint density at radius 1 is 1.18 bits per heavy atom. The van der Waals surface area contributed by atoms with Gasteiger partial charge in [-0.15, -0.1) is 0 Å². The van der Waals surface area contributed by atoms with Crippen molar-refractivity contribution in [2.45, 2.75) is 38.2 Å². The van der Waals surface area contributed by atoms with Gasteiger partial charge < -0.3 is 15.4 Å². The molecule has 194 valence electrons. The zero-order valence-corrected chi connectivity index (χ0v) is 21.8. The molecule has 11 heteroatoms. The quantitative estimate of drug-likeness (QED) is 0.275. The molecule has 1 amide bonds. The Morgan fingerprint density at radius 3 is 2.82 bits per heavy atom. The lowest BCUT2D eigenvalue weighted by molar-refractivity contribution is 0.140. The first kappa shape index (κ1) is 24.1. The Hall–Kier alpha value is -4.25. The van der Waals surface area contributed by atoms with Gasteiger partial charge in [-0.25, -0.2) is 14.8 Å². The molecule has 38 heavy (non-hydrogen) atoms. The van der Waals surface area contributed by atoms with Crippen LogP contribution in [0.3, 0.4) is 0 Å². The summed E-state index contributed by atoms with van der Waals surface area (Å²) in [6, 6.07) is 11.7. The zero-order valence-electron chi connectivity index (χ0n) is 21.0. The van der Waals surface area contributed by atoms with E-state index in [1.54, 1.807) is 4.68 Å². The highest BCUT2D eigenvalue weighted by Gasteiger charge is 2.23. The van der Waals surface area contributed by atoms with Gasteiger partial charge >= 0.3 is 6.09 Å². The molecule has 0 atom stereocenters. The van der Waals surface area contributed by atoms with Gasteiger partial charge in [0.1, 0.15) is 11.6 Å². The van der Waals surface area contributed by atoms with E-state index < -0.39 is 6.09 Å². The number of aromatic nitrogens is 6. The van der Waals surface area contributed by atoms with Gasteiger partial charge in [0, 0.05) is 43.9 Å². The molecule has 0 aliphatic heterocycles. The van der Waals surface area contributed by atoms with E-state index in [9.17, 15) is 4.79 Å². The van der Waals surface area contributed by atoms with E-state index in [-0.39, 0.29) is 6.61 Å². The van der Waals surface area contributed by atoms with Crippen molar-refractivity contribution in [1.82, 2.24) is 33.8 Å². The fourth-order valence-electron chi connectivity index (χ4n) is 4.44. The van der Waals surface area contributed by atoms with E-state index in [4.69, 9.17) is 9.72 Å². The number of alkyl carbamates (subject to hydrolysis) is 1. The summed E-state index contributed by atoms with van der Waals surface area (Å²) in [4.78, 5) is 21.7. The van der Waals surface area contributed by atoms with Crippen LogP contribution in [0.25, 0.3) is 16.9 Å². The maximum absolute atomic E-state index is 12.2. The third-order valence-electron chi connectivity index (χ3n) is 6.70. The number of benzene rings is 1. The number of amides is 1. The van der Waals surface area contributed by atoms with Crippen molar-refractivity contribution in [3.05, 3.63) is 78.1 Å². The molecule has 4 aromatic heterocycles. The lowest BCUT2D eigenvalue weighted by Crippen LogP contribution is -2.26. The maximum atomic E-state index is 12.2. The molecule has 6 rings (SSSR count). The number of imidazole rings is 1. The van der Waals surface area contributed by atoms with Crippen molar-refractivity contribution in [1.29, 1.82) is 0 Å². The third-order valence-corrected chi connectivity index (χ3v) is 7.42. The molecular weight excluding hydrogens is 500 g/mol. The van der Waals surface area contributed by atoms with Gasteiger partial charge in [0.05, 0.1) is 29.5 Å². The second-order valence-corrected chi connectivity index (χ2v) is 10.2. The number of hydrogen-bond acceptors (Lipinski definition) is 8. The number of nitrogens with zero attached hydrogens (tertiary/aromatic N) is 6. The van der Waals surface area contributed by atoms with Crippen molar-refractivity contribution < 1.29 is 9.53 Å². The van der Waals surface area contributed by atoms with E-state index in [0.29, 0.717) is 30.3 Å². The van der Waals surface area contributed by atoms with E-state index in [1.165, 1.54) is 30.8 Å². The molecule has 1 aliphatic carbocycles. The van der Waals surface area contributed by atoms with Crippen LogP contribution in [0.1, 0.15) is 42.1 Å². The molecule has 0 saturated heterocycles. The summed E-state index contributed by atoms with van der Waals surface area (Å²) in [6.45, 7) is 0.612. The normalized spacial score (nSPS) is 13.4. The first-order valence-electron chi connectivity index (χ1n) is 12.7. The molecule has 1 saturated carbocycles. The molecule has 1 fully saturated rings. The Morgan fingerprint density at radius 2 is 2.05 bits per heavy atom. The summed E-state index contributed by atoms with van der Waals surface area (Å²) in [5.41, 5.74) is 5.47. The Balaban J connectivity index is 1.20. The molecule has 4 heterocycles. The smallest absolute Gasteiger partial charge is 0.407 e. The summed E-state index contributed by atoms with van der Waals surface area (Å²) < 4.78 is 13.8. The minimum Gasteiger partial charge on any atom is -0.445 e. The van der Waals surface area contributed by atoms with Gasteiger partial charge in [0.25, 0.3) is 0 Å². The van der Waals surface area contributed by atoms with Crippen LogP contribution in [0, 0.1) is 0 Å². The molecule has 10 nitrogen and oxygen atoms in total. The molecule has 1 aromatic carbocycles. The summed E-state index contributed by atoms with van der Waals surface area (Å²) in [7, 11) is 1.89. The Labute approximate surface area is 223 Å². The standard InChI is InChI=1S/C27H28N8O2S/c1-34-15-20(13-30-34)23-14-29-26-25(32-24-12-22(33-38-24)19-8-5-9-19)31-21(16-35(23)26)10-11-28-27(36)37-17-18-6-3-2-4-7-18/h2-4,6-7,12-16,19H,5,8-11,17H2,1H3,(H,28,36)(H,31,32). The highest BCUT2D eigenvalue weighted by Crippen LogP contribution is 2.38. The molecule has 0 bridgehead atoms. The van der Waals surface area contributed by atoms with E-state index in [2.05, 4.69) is 31.2 Å². The third kappa shape index (κ3) is 5.23. The Bertz CT molecular complexity index is 1550. The first-order chi connectivity index (χ1) is 18.6. The predicted molar refractivity (Wildman–Crippen MR) is 146 cm³/mol. The monoisotopic (exact) mass is 528 g/mol. The topological polar surface area (TPSA) is 111 Å². The van der Waals surface area contributed by atoms with E-state index in [0.717, 1.165) is 33.2 Å². The highest BCUT2D eigenvalue weighted by molar-refractivity contribution is 7.10. The number of ether oxygens (including phenoxy) is 1. The van der Waals surface area contributed by atoms with Crippen molar-refractivity contribution in [2.75, 3.05) is 11.9 Å². The number of carbonyl (C=O) groups excluding carboxylic acids is 1. The molecule has 1 aliphatic rings. The van der Waals surface area contributed by atoms with Crippen LogP contribution in [-0.4, -0.2) is 41.2 Å². The van der Waals surface area contributed by atoms with Gasteiger partial charge in [0.15, 0.2) is 11.5 Å². The van der Waals surface area contributed by atoms with Crippen molar-refractivity contribution in [3.8, 4) is 11.3 Å². The fraction of sp³-hybridized carbons (Fsp3) is 0.296. The Kier molecular flexibility index (Phi) is 6.74. The van der Waals surface area contributed by atoms with Crippen molar-refractivity contribution in [2.24, 2.45) is 7.05 Å². The predicted octanol–water partition coefficient (Wildman–Crippen LogP) is 5.07. The fourth-order valence-corrected chi connectivity index (χ4v) is 5.16. The first-order valence-corrected chi connectivity index (χ1v) is 13.4. The van der Waals surface area contributed by atoms with Gasteiger partial charge in [-0.3, -0.25) is 9.08 Å². The number of nitrogens with one attached hydrogen (secondary N) is 2. The second-order valence-electron chi connectivity index (χ2n) is 9.43. The maximum Gasteiger partial charge on any atom is 0.407 e. The number of anilines is 2. The zero-order chi connectivity index (χ0) is 25.9. The number of fused-ring (bicyclic) bond motifs is 1. The summed E-state index contributed by atoms with van der Waals surface area (Å²) in [6.07, 6.45) is 11.3. The summed E-state index contributed by atoms with van der Waals surface area (Å²) in [5, 5.41) is 11.5. The van der Waals surface area contributed by atoms with Gasteiger partial charge in [0.2, 0.25) is 0 Å². The number of aryl methyl sites for hydroxylation is 1. The molecule has 5 aromatic rings.